The van der Waals surface area contributed by atoms with E-state index in [1.54, 1.807) is 0 Å². The molecule has 3 aliphatic rings. The van der Waals surface area contributed by atoms with E-state index in [-0.39, 0.29) is 0 Å². The smallest absolute Gasteiger partial charge is 0.0438 e. The highest BCUT2D eigenvalue weighted by molar-refractivity contribution is 6.31. The number of benzene rings is 1. The maximum absolute atomic E-state index is 6.36. The molecule has 3 fully saturated rings. The summed E-state index contributed by atoms with van der Waals surface area (Å²) in [5.74, 6) is 5.13. The molecular formula is C18H24ClN. The molecule has 1 aromatic carbocycles. The van der Waals surface area contributed by atoms with Crippen molar-refractivity contribution < 1.29 is 0 Å². The number of hydrogen-bond acceptors (Lipinski definition) is 1. The van der Waals surface area contributed by atoms with Crippen LogP contribution in [0.25, 0.3) is 0 Å². The number of rotatable bonds is 5. The minimum atomic E-state index is 0.637. The summed E-state index contributed by atoms with van der Waals surface area (Å²) >= 11 is 6.36. The minimum Gasteiger partial charge on any atom is -0.314 e. The molecule has 1 aromatic rings. The predicted octanol–water partition coefficient (Wildman–Crippen LogP) is 4.15. The highest BCUT2D eigenvalue weighted by Gasteiger charge is 2.66. The Hall–Kier alpha value is -0.530. The van der Waals surface area contributed by atoms with E-state index in [0.717, 1.165) is 47.6 Å². The van der Waals surface area contributed by atoms with Crippen LogP contribution in [0, 0.1) is 29.6 Å². The van der Waals surface area contributed by atoms with Gasteiger partial charge in [0.1, 0.15) is 0 Å². The zero-order chi connectivity index (χ0) is 13.7. The molecule has 5 atom stereocenters. The number of halogens is 1. The normalized spacial score (nSPS) is 38.8. The van der Waals surface area contributed by atoms with Crippen LogP contribution in [0.5, 0.6) is 0 Å². The zero-order valence-electron chi connectivity index (χ0n) is 12.2. The Morgan fingerprint density at radius 2 is 1.90 bits per heavy atom. The van der Waals surface area contributed by atoms with Crippen molar-refractivity contribution in [1.29, 1.82) is 0 Å². The van der Waals surface area contributed by atoms with Crippen LogP contribution in [0.1, 0.15) is 31.7 Å². The van der Waals surface area contributed by atoms with Crippen LogP contribution < -0.4 is 5.32 Å². The van der Waals surface area contributed by atoms with Gasteiger partial charge in [-0.25, -0.2) is 0 Å². The Labute approximate surface area is 127 Å². The molecule has 108 valence electrons. The Kier molecular flexibility index (Phi) is 3.31. The van der Waals surface area contributed by atoms with Gasteiger partial charge in [0.15, 0.2) is 0 Å². The number of nitrogens with one attached hydrogen (secondary N) is 1. The van der Waals surface area contributed by atoms with E-state index in [4.69, 9.17) is 11.6 Å². The van der Waals surface area contributed by atoms with Crippen LogP contribution in [0.4, 0.5) is 0 Å². The molecule has 0 heterocycles. The summed E-state index contributed by atoms with van der Waals surface area (Å²) in [5.41, 5.74) is 1.32. The van der Waals surface area contributed by atoms with Crippen molar-refractivity contribution in [2.24, 2.45) is 29.6 Å². The van der Waals surface area contributed by atoms with Crippen molar-refractivity contribution in [2.75, 3.05) is 6.54 Å². The van der Waals surface area contributed by atoms with Gasteiger partial charge in [-0.05, 0) is 73.4 Å². The molecule has 3 aliphatic carbocycles. The maximum atomic E-state index is 6.36. The monoisotopic (exact) mass is 289 g/mol. The molecule has 0 spiro atoms. The second-order valence-corrected chi connectivity index (χ2v) is 7.43. The largest absolute Gasteiger partial charge is 0.314 e. The molecule has 20 heavy (non-hydrogen) atoms. The Morgan fingerprint density at radius 1 is 1.20 bits per heavy atom. The first kappa shape index (κ1) is 13.2. The number of likely N-dealkylation sites (N-methyl/N-ethyl adjacent to an activating group) is 1. The van der Waals surface area contributed by atoms with E-state index in [1.807, 2.05) is 12.1 Å². The SMILES string of the molecule is CCNC(Cc1ccccc1Cl)C1C2C3CCC(C3)C21. The summed E-state index contributed by atoms with van der Waals surface area (Å²) in [7, 11) is 0. The van der Waals surface area contributed by atoms with Gasteiger partial charge >= 0.3 is 0 Å². The van der Waals surface area contributed by atoms with Crippen molar-refractivity contribution in [3.63, 3.8) is 0 Å². The Morgan fingerprint density at radius 3 is 2.55 bits per heavy atom. The topological polar surface area (TPSA) is 12.0 Å². The average molecular weight is 290 g/mol. The van der Waals surface area contributed by atoms with E-state index >= 15 is 0 Å². The van der Waals surface area contributed by atoms with E-state index in [1.165, 1.54) is 24.8 Å². The molecule has 3 saturated carbocycles. The second-order valence-electron chi connectivity index (χ2n) is 7.02. The number of fused-ring (bicyclic) bond motifs is 5. The van der Waals surface area contributed by atoms with Gasteiger partial charge in [-0.15, -0.1) is 0 Å². The fourth-order valence-electron chi connectivity index (χ4n) is 5.44. The lowest BCUT2D eigenvalue weighted by atomic mass is 9.93. The quantitative estimate of drug-likeness (QED) is 0.858. The Balaban J connectivity index is 1.50. The highest BCUT2D eigenvalue weighted by atomic mass is 35.5. The van der Waals surface area contributed by atoms with Crippen molar-refractivity contribution in [3.05, 3.63) is 34.9 Å². The van der Waals surface area contributed by atoms with Gasteiger partial charge in [0.25, 0.3) is 0 Å². The van der Waals surface area contributed by atoms with E-state index < -0.39 is 0 Å². The average Bonchev–Trinajstić information content (AvgIpc) is 2.88. The third-order valence-electron chi connectivity index (χ3n) is 6.12. The first-order chi connectivity index (χ1) is 9.79. The van der Waals surface area contributed by atoms with Crippen molar-refractivity contribution >= 4 is 11.6 Å². The third-order valence-corrected chi connectivity index (χ3v) is 6.49. The van der Waals surface area contributed by atoms with Gasteiger partial charge in [0.2, 0.25) is 0 Å². The van der Waals surface area contributed by atoms with Gasteiger partial charge in [0.05, 0.1) is 0 Å². The van der Waals surface area contributed by atoms with Crippen LogP contribution in [0.3, 0.4) is 0 Å². The summed E-state index contributed by atoms with van der Waals surface area (Å²) in [5, 5.41) is 4.69. The van der Waals surface area contributed by atoms with Gasteiger partial charge < -0.3 is 5.32 Å². The van der Waals surface area contributed by atoms with Crippen LogP contribution in [-0.2, 0) is 6.42 Å². The molecule has 0 saturated heterocycles. The summed E-state index contributed by atoms with van der Waals surface area (Å²) in [6.07, 6.45) is 5.65. The molecule has 2 bridgehead atoms. The highest BCUT2D eigenvalue weighted by Crippen LogP contribution is 2.70. The van der Waals surface area contributed by atoms with Gasteiger partial charge in [-0.2, -0.15) is 0 Å². The maximum Gasteiger partial charge on any atom is 0.0438 e. The summed E-state index contributed by atoms with van der Waals surface area (Å²) < 4.78 is 0. The molecule has 4 rings (SSSR count). The molecule has 0 radical (unpaired) electrons. The van der Waals surface area contributed by atoms with Crippen molar-refractivity contribution in [1.82, 2.24) is 5.32 Å². The summed E-state index contributed by atoms with van der Waals surface area (Å²) in [6, 6.07) is 9.00. The molecule has 1 N–H and O–H groups in total. The molecule has 5 unspecified atom stereocenters. The van der Waals surface area contributed by atoms with Crippen molar-refractivity contribution in [3.8, 4) is 0 Å². The molecule has 0 aromatic heterocycles. The Bertz CT molecular complexity index is 484. The molecule has 1 nitrogen and oxygen atoms in total. The second kappa shape index (κ2) is 5.03. The van der Waals surface area contributed by atoms with Gasteiger partial charge in [0, 0.05) is 11.1 Å². The lowest BCUT2D eigenvalue weighted by Gasteiger charge is -2.22. The first-order valence-corrected chi connectivity index (χ1v) is 8.64. The first-order valence-electron chi connectivity index (χ1n) is 8.26. The molecule has 0 amide bonds. The van der Waals surface area contributed by atoms with E-state index in [0.29, 0.717) is 6.04 Å². The summed E-state index contributed by atoms with van der Waals surface area (Å²) in [6.45, 7) is 3.30. The number of hydrogen-bond donors (Lipinski definition) is 1. The zero-order valence-corrected chi connectivity index (χ0v) is 12.9. The lowest BCUT2D eigenvalue weighted by molar-refractivity contribution is 0.366. The van der Waals surface area contributed by atoms with E-state index in [9.17, 15) is 0 Å². The fraction of sp³-hybridized carbons (Fsp3) is 0.667. The van der Waals surface area contributed by atoms with Gasteiger partial charge in [-0.1, -0.05) is 36.7 Å². The van der Waals surface area contributed by atoms with Crippen LogP contribution >= 0.6 is 11.6 Å². The summed E-state index contributed by atoms with van der Waals surface area (Å²) in [4.78, 5) is 0. The van der Waals surface area contributed by atoms with Crippen LogP contribution in [0.15, 0.2) is 24.3 Å². The van der Waals surface area contributed by atoms with E-state index in [2.05, 4.69) is 24.4 Å². The van der Waals surface area contributed by atoms with Crippen molar-refractivity contribution in [2.45, 2.75) is 38.6 Å². The standard InChI is InChI=1S/C18H24ClN/c1-2-20-15(10-11-5-3-4-6-14(11)19)18-16-12-7-8-13(9-12)17(16)18/h3-6,12-13,15-18,20H,2,7-10H2,1H3. The van der Waals surface area contributed by atoms with Crippen LogP contribution in [-0.4, -0.2) is 12.6 Å². The third kappa shape index (κ3) is 2.02. The fourth-order valence-corrected chi connectivity index (χ4v) is 5.65. The predicted molar refractivity (Wildman–Crippen MR) is 83.9 cm³/mol. The molecule has 0 aliphatic heterocycles. The van der Waals surface area contributed by atoms with Crippen LogP contribution in [0.2, 0.25) is 5.02 Å². The molecular weight excluding hydrogens is 266 g/mol. The molecule has 2 heteroatoms. The lowest BCUT2D eigenvalue weighted by Crippen LogP contribution is -2.35. The van der Waals surface area contributed by atoms with Gasteiger partial charge in [-0.3, -0.25) is 0 Å². The minimum absolute atomic E-state index is 0.637.